The first-order valence-corrected chi connectivity index (χ1v) is 4.13. The summed E-state index contributed by atoms with van der Waals surface area (Å²) in [6, 6.07) is 1.64. The zero-order chi connectivity index (χ0) is 9.47. The SMILES string of the molecule is O=C(O)CC1(O)CCc2occc21. The summed E-state index contributed by atoms with van der Waals surface area (Å²) in [5.74, 6) is -0.277. The van der Waals surface area contributed by atoms with E-state index >= 15 is 0 Å². The number of aliphatic hydroxyl groups is 1. The van der Waals surface area contributed by atoms with Crippen molar-refractivity contribution in [3.8, 4) is 0 Å². The van der Waals surface area contributed by atoms with E-state index in [1.807, 2.05) is 0 Å². The summed E-state index contributed by atoms with van der Waals surface area (Å²) >= 11 is 0. The number of carboxylic acid groups (broad SMARTS) is 1. The first kappa shape index (κ1) is 8.31. The van der Waals surface area contributed by atoms with Crippen molar-refractivity contribution in [2.75, 3.05) is 0 Å². The fourth-order valence-electron chi connectivity index (χ4n) is 1.84. The highest BCUT2D eigenvalue weighted by Crippen LogP contribution is 2.39. The molecule has 0 saturated carbocycles. The van der Waals surface area contributed by atoms with E-state index in [1.165, 1.54) is 6.26 Å². The molecule has 13 heavy (non-hydrogen) atoms. The second-order valence-electron chi connectivity index (χ2n) is 3.36. The molecule has 1 heterocycles. The maximum absolute atomic E-state index is 10.5. The van der Waals surface area contributed by atoms with Crippen LogP contribution in [0, 0.1) is 0 Å². The van der Waals surface area contributed by atoms with Crippen molar-refractivity contribution < 1.29 is 19.4 Å². The molecular weight excluding hydrogens is 172 g/mol. The topological polar surface area (TPSA) is 70.7 Å². The second-order valence-corrected chi connectivity index (χ2v) is 3.36. The van der Waals surface area contributed by atoms with Crippen LogP contribution in [0.4, 0.5) is 0 Å². The van der Waals surface area contributed by atoms with Gasteiger partial charge in [0.2, 0.25) is 0 Å². The van der Waals surface area contributed by atoms with E-state index in [-0.39, 0.29) is 6.42 Å². The third-order valence-electron chi connectivity index (χ3n) is 2.46. The molecule has 2 rings (SSSR count). The van der Waals surface area contributed by atoms with E-state index in [0.29, 0.717) is 24.2 Å². The van der Waals surface area contributed by atoms with Crippen molar-refractivity contribution in [1.82, 2.24) is 0 Å². The fraction of sp³-hybridized carbons (Fsp3) is 0.444. The van der Waals surface area contributed by atoms with Gasteiger partial charge in [0.05, 0.1) is 12.7 Å². The maximum atomic E-state index is 10.5. The van der Waals surface area contributed by atoms with E-state index in [4.69, 9.17) is 9.52 Å². The Morgan fingerprint density at radius 3 is 3.15 bits per heavy atom. The first-order valence-electron chi connectivity index (χ1n) is 4.13. The summed E-state index contributed by atoms with van der Waals surface area (Å²) in [6.07, 6.45) is 2.29. The van der Waals surface area contributed by atoms with Gasteiger partial charge in [-0.05, 0) is 12.5 Å². The molecule has 1 aliphatic rings. The van der Waals surface area contributed by atoms with Gasteiger partial charge >= 0.3 is 5.97 Å². The zero-order valence-electron chi connectivity index (χ0n) is 6.99. The number of rotatable bonds is 2. The average Bonchev–Trinajstić information content (AvgIpc) is 2.54. The lowest BCUT2D eigenvalue weighted by Crippen LogP contribution is -2.25. The first-order chi connectivity index (χ1) is 6.12. The van der Waals surface area contributed by atoms with Crippen molar-refractivity contribution in [3.05, 3.63) is 23.7 Å². The van der Waals surface area contributed by atoms with Crippen LogP contribution in [-0.4, -0.2) is 16.2 Å². The molecule has 70 valence electrons. The molecule has 1 unspecified atom stereocenters. The molecule has 0 fully saturated rings. The molecule has 0 aliphatic heterocycles. The van der Waals surface area contributed by atoms with Gasteiger partial charge in [-0.15, -0.1) is 0 Å². The number of carboxylic acids is 1. The maximum Gasteiger partial charge on any atom is 0.306 e. The highest BCUT2D eigenvalue weighted by atomic mass is 16.4. The van der Waals surface area contributed by atoms with Gasteiger partial charge in [-0.25, -0.2) is 0 Å². The van der Waals surface area contributed by atoms with Gasteiger partial charge < -0.3 is 14.6 Å². The van der Waals surface area contributed by atoms with Gasteiger partial charge in [-0.2, -0.15) is 0 Å². The molecule has 0 spiro atoms. The molecule has 4 nitrogen and oxygen atoms in total. The Labute approximate surface area is 74.8 Å². The number of aryl methyl sites for hydroxylation is 1. The predicted molar refractivity (Wildman–Crippen MR) is 43.2 cm³/mol. The monoisotopic (exact) mass is 182 g/mol. The molecule has 0 amide bonds. The van der Waals surface area contributed by atoms with Crippen LogP contribution >= 0.6 is 0 Å². The standard InChI is InChI=1S/C9H10O4/c10-8(11)5-9(12)3-1-7-6(9)2-4-13-7/h2,4,12H,1,3,5H2,(H,10,11). The van der Waals surface area contributed by atoms with Gasteiger partial charge in [0.25, 0.3) is 0 Å². The number of aliphatic carboxylic acids is 1. The Morgan fingerprint density at radius 2 is 2.46 bits per heavy atom. The Hall–Kier alpha value is -1.29. The Kier molecular flexibility index (Phi) is 1.66. The normalized spacial score (nSPS) is 25.9. The molecule has 0 bridgehead atoms. The lowest BCUT2D eigenvalue weighted by molar-refractivity contribution is -0.142. The summed E-state index contributed by atoms with van der Waals surface area (Å²) in [4.78, 5) is 10.5. The van der Waals surface area contributed by atoms with Gasteiger partial charge in [0, 0.05) is 12.0 Å². The van der Waals surface area contributed by atoms with Gasteiger partial charge in [-0.3, -0.25) is 4.79 Å². The van der Waals surface area contributed by atoms with Crippen molar-refractivity contribution in [1.29, 1.82) is 0 Å². The molecule has 1 aliphatic carbocycles. The van der Waals surface area contributed by atoms with Crippen LogP contribution in [0.25, 0.3) is 0 Å². The number of fused-ring (bicyclic) bond motifs is 1. The van der Waals surface area contributed by atoms with Crippen LogP contribution in [0.5, 0.6) is 0 Å². The molecule has 0 radical (unpaired) electrons. The molecule has 1 atom stereocenters. The van der Waals surface area contributed by atoms with Crippen LogP contribution in [0.15, 0.2) is 16.7 Å². The van der Waals surface area contributed by atoms with Gasteiger partial charge in [0.1, 0.15) is 11.4 Å². The van der Waals surface area contributed by atoms with Crippen LogP contribution in [0.3, 0.4) is 0 Å². The number of carbonyl (C=O) groups is 1. The quantitative estimate of drug-likeness (QED) is 0.712. The van der Waals surface area contributed by atoms with E-state index in [1.54, 1.807) is 6.07 Å². The molecule has 0 saturated heterocycles. The second kappa shape index (κ2) is 2.60. The van der Waals surface area contributed by atoms with Crippen LogP contribution in [0.2, 0.25) is 0 Å². The van der Waals surface area contributed by atoms with Crippen molar-refractivity contribution >= 4 is 5.97 Å². The predicted octanol–water partition coefficient (Wildman–Crippen LogP) is 0.888. The number of hydrogen-bond donors (Lipinski definition) is 2. The Morgan fingerprint density at radius 1 is 1.69 bits per heavy atom. The summed E-state index contributed by atoms with van der Waals surface area (Å²) in [7, 11) is 0. The average molecular weight is 182 g/mol. The third-order valence-corrected chi connectivity index (χ3v) is 2.46. The molecule has 0 aromatic carbocycles. The van der Waals surface area contributed by atoms with Crippen LogP contribution < -0.4 is 0 Å². The van der Waals surface area contributed by atoms with Gasteiger partial charge in [0.15, 0.2) is 0 Å². The van der Waals surface area contributed by atoms with Crippen LogP contribution in [-0.2, 0) is 16.8 Å². The summed E-state index contributed by atoms with van der Waals surface area (Å²) in [5.41, 5.74) is -0.580. The Bertz CT molecular complexity index is 341. The summed E-state index contributed by atoms with van der Waals surface area (Å²) in [5, 5.41) is 18.6. The van der Waals surface area contributed by atoms with E-state index in [2.05, 4.69) is 0 Å². The minimum absolute atomic E-state index is 0.250. The minimum atomic E-state index is -1.21. The van der Waals surface area contributed by atoms with Crippen molar-refractivity contribution in [2.45, 2.75) is 24.9 Å². The molecule has 2 N–H and O–H groups in total. The van der Waals surface area contributed by atoms with E-state index in [9.17, 15) is 9.90 Å². The fourth-order valence-corrected chi connectivity index (χ4v) is 1.84. The van der Waals surface area contributed by atoms with Gasteiger partial charge in [-0.1, -0.05) is 0 Å². The van der Waals surface area contributed by atoms with Crippen LogP contribution in [0.1, 0.15) is 24.2 Å². The zero-order valence-corrected chi connectivity index (χ0v) is 6.99. The highest BCUT2D eigenvalue weighted by molar-refractivity contribution is 5.69. The number of hydrogen-bond acceptors (Lipinski definition) is 3. The third kappa shape index (κ3) is 1.23. The van der Waals surface area contributed by atoms with E-state index in [0.717, 1.165) is 0 Å². The molecule has 4 heteroatoms. The minimum Gasteiger partial charge on any atom is -0.481 e. The van der Waals surface area contributed by atoms with E-state index < -0.39 is 11.6 Å². The lowest BCUT2D eigenvalue weighted by atomic mass is 9.94. The number of furan rings is 1. The smallest absolute Gasteiger partial charge is 0.306 e. The molecular formula is C9H10O4. The summed E-state index contributed by atoms with van der Waals surface area (Å²) in [6.45, 7) is 0. The van der Waals surface area contributed by atoms with Crippen molar-refractivity contribution in [3.63, 3.8) is 0 Å². The largest absolute Gasteiger partial charge is 0.481 e. The molecule has 1 aromatic rings. The highest BCUT2D eigenvalue weighted by Gasteiger charge is 2.40. The lowest BCUT2D eigenvalue weighted by Gasteiger charge is -2.19. The Balaban J connectivity index is 2.32. The molecule has 1 aromatic heterocycles. The summed E-state index contributed by atoms with van der Waals surface area (Å²) < 4.78 is 5.10. The van der Waals surface area contributed by atoms with Crippen molar-refractivity contribution in [2.24, 2.45) is 0 Å².